The maximum atomic E-state index is 12.2. The van der Waals surface area contributed by atoms with Crippen molar-refractivity contribution in [1.82, 2.24) is 0 Å². The summed E-state index contributed by atoms with van der Waals surface area (Å²) in [7, 11) is 0. The van der Waals surface area contributed by atoms with Gasteiger partial charge in [0.25, 0.3) is 0 Å². The van der Waals surface area contributed by atoms with Crippen LogP contribution < -0.4 is 0 Å². The average Bonchev–Trinajstić information content (AvgIpc) is 3.53. The third-order valence-corrected chi connectivity index (χ3v) is 16.9. The van der Waals surface area contributed by atoms with Gasteiger partial charge in [-0.05, 0) is 124 Å². The molecule has 0 radical (unpaired) electrons. The molecular formula is C44H74O14. The van der Waals surface area contributed by atoms with Crippen LogP contribution in [0, 0.1) is 45.3 Å². The van der Waals surface area contributed by atoms with Gasteiger partial charge in [-0.1, -0.05) is 46.3 Å². The first-order valence-corrected chi connectivity index (χ1v) is 21.7. The van der Waals surface area contributed by atoms with Crippen molar-refractivity contribution < 1.29 is 69.3 Å². The molecule has 8 N–H and O–H groups in total. The number of hydrogen-bond acceptors (Lipinski definition) is 14. The first kappa shape index (κ1) is 46.2. The Kier molecular flexibility index (Phi) is 13.4. The van der Waals surface area contributed by atoms with Crippen molar-refractivity contribution in [3.63, 3.8) is 0 Å². The Morgan fingerprint density at radius 3 is 2.05 bits per heavy atom. The molecule has 0 aromatic carbocycles. The number of rotatable bonds is 11. The number of carbonyl (C=O) groups is 1. The van der Waals surface area contributed by atoms with Gasteiger partial charge in [0.1, 0.15) is 55.4 Å². The molecule has 4 saturated carbocycles. The summed E-state index contributed by atoms with van der Waals surface area (Å²) in [5, 5.41) is 88.6. The third-order valence-electron chi connectivity index (χ3n) is 16.9. The summed E-state index contributed by atoms with van der Waals surface area (Å²) in [6, 6.07) is 0. The molecule has 6 aliphatic rings. The predicted octanol–water partition coefficient (Wildman–Crippen LogP) is 2.72. The summed E-state index contributed by atoms with van der Waals surface area (Å²) >= 11 is 0. The Hall–Kier alpha value is -1.27. The van der Waals surface area contributed by atoms with E-state index in [2.05, 4.69) is 54.5 Å². The maximum Gasteiger partial charge on any atom is 0.302 e. The fourth-order valence-corrected chi connectivity index (χ4v) is 13.5. The van der Waals surface area contributed by atoms with Crippen molar-refractivity contribution in [3.8, 4) is 0 Å². The van der Waals surface area contributed by atoms with Gasteiger partial charge in [-0.15, -0.1) is 0 Å². The van der Waals surface area contributed by atoms with Gasteiger partial charge in [-0.25, -0.2) is 0 Å². The van der Waals surface area contributed by atoms with Crippen LogP contribution in [0.4, 0.5) is 0 Å². The van der Waals surface area contributed by atoms with Gasteiger partial charge in [0, 0.05) is 6.92 Å². The van der Waals surface area contributed by atoms with Crippen molar-refractivity contribution >= 4 is 5.97 Å². The monoisotopic (exact) mass is 827 g/mol. The molecule has 20 atom stereocenters. The highest BCUT2D eigenvalue weighted by molar-refractivity contribution is 5.65. The van der Waals surface area contributed by atoms with Gasteiger partial charge in [0.15, 0.2) is 12.6 Å². The van der Waals surface area contributed by atoms with Crippen LogP contribution in [0.25, 0.3) is 0 Å². The van der Waals surface area contributed by atoms with Gasteiger partial charge in [-0.2, -0.15) is 0 Å². The van der Waals surface area contributed by atoms with Crippen molar-refractivity contribution in [1.29, 1.82) is 0 Å². The normalized spacial score (nSPS) is 49.8. The minimum absolute atomic E-state index is 0.00195. The van der Waals surface area contributed by atoms with Crippen molar-refractivity contribution in [2.24, 2.45) is 45.3 Å². The Balaban J connectivity index is 1.22. The second-order valence-electron chi connectivity index (χ2n) is 20.7. The maximum absolute atomic E-state index is 12.2. The zero-order chi connectivity index (χ0) is 42.9. The molecule has 20 unspecified atom stereocenters. The summed E-state index contributed by atoms with van der Waals surface area (Å²) in [5.41, 5.74) is -0.480. The summed E-state index contributed by atoms with van der Waals surface area (Å²) in [6.45, 7) is 17.8. The Bertz CT molecular complexity index is 1480. The van der Waals surface area contributed by atoms with E-state index in [1.54, 1.807) is 0 Å². The lowest BCUT2D eigenvalue weighted by Crippen LogP contribution is -2.68. The van der Waals surface area contributed by atoms with E-state index in [9.17, 15) is 45.6 Å². The first-order chi connectivity index (χ1) is 26.9. The highest BCUT2D eigenvalue weighted by Crippen LogP contribution is 2.76. The van der Waals surface area contributed by atoms with Crippen molar-refractivity contribution in [2.45, 2.75) is 199 Å². The van der Waals surface area contributed by atoms with Gasteiger partial charge in [-0.3, -0.25) is 4.79 Å². The van der Waals surface area contributed by atoms with Crippen molar-refractivity contribution in [3.05, 3.63) is 11.6 Å². The van der Waals surface area contributed by atoms with Crippen LogP contribution in [-0.4, -0.2) is 139 Å². The van der Waals surface area contributed by atoms with Crippen LogP contribution >= 0.6 is 0 Å². The Labute approximate surface area is 344 Å². The molecule has 14 nitrogen and oxygen atoms in total. The molecule has 2 saturated heterocycles. The van der Waals surface area contributed by atoms with Gasteiger partial charge in [0.2, 0.25) is 0 Å². The zero-order valence-corrected chi connectivity index (χ0v) is 36.1. The van der Waals surface area contributed by atoms with E-state index in [-0.39, 0.29) is 39.9 Å². The van der Waals surface area contributed by atoms with Crippen LogP contribution in [0.3, 0.4) is 0 Å². The van der Waals surface area contributed by atoms with E-state index in [0.29, 0.717) is 19.3 Å². The largest absolute Gasteiger partial charge is 0.463 e. The number of esters is 1. The third kappa shape index (κ3) is 7.87. The van der Waals surface area contributed by atoms with E-state index < -0.39 is 104 Å². The van der Waals surface area contributed by atoms with Crippen LogP contribution in [0.5, 0.6) is 0 Å². The Morgan fingerprint density at radius 2 is 1.41 bits per heavy atom. The summed E-state index contributed by atoms with van der Waals surface area (Å²) in [5.74, 6) is -0.252. The summed E-state index contributed by atoms with van der Waals surface area (Å²) in [4.78, 5) is 11.5. The fourth-order valence-electron chi connectivity index (χ4n) is 13.5. The number of aliphatic hydroxyl groups is 8. The molecule has 0 aromatic heterocycles. The van der Waals surface area contributed by atoms with E-state index in [4.69, 9.17) is 23.7 Å². The minimum Gasteiger partial charge on any atom is -0.463 e. The highest BCUT2D eigenvalue weighted by atomic mass is 16.8. The van der Waals surface area contributed by atoms with E-state index in [0.717, 1.165) is 38.5 Å². The Morgan fingerprint density at radius 1 is 0.776 bits per heavy atom. The smallest absolute Gasteiger partial charge is 0.302 e. The molecule has 2 heterocycles. The SMILES string of the molecule is CC(=O)OCC1OC(OC2C(OC3CCC4(C)C(CCC5(C)C4CC(O)C4C(C(C)(O)CCC=C(C)C)CCC45C)C3(C)C)OC(CO)C(O)C2O)C(O)C(O)C1O. The molecule has 58 heavy (non-hydrogen) atoms. The molecule has 4 aliphatic carbocycles. The van der Waals surface area contributed by atoms with Crippen LogP contribution in [-0.2, 0) is 28.5 Å². The number of allylic oxidation sites excluding steroid dienone is 2. The molecule has 0 amide bonds. The predicted molar refractivity (Wildman–Crippen MR) is 210 cm³/mol. The van der Waals surface area contributed by atoms with Crippen molar-refractivity contribution in [2.75, 3.05) is 13.2 Å². The van der Waals surface area contributed by atoms with Gasteiger partial charge >= 0.3 is 5.97 Å². The zero-order valence-electron chi connectivity index (χ0n) is 36.1. The van der Waals surface area contributed by atoms with Gasteiger partial charge < -0.3 is 64.5 Å². The van der Waals surface area contributed by atoms with E-state index in [1.807, 2.05) is 6.92 Å². The number of hydrogen-bond donors (Lipinski definition) is 8. The number of ether oxygens (including phenoxy) is 5. The molecular weight excluding hydrogens is 752 g/mol. The lowest BCUT2D eigenvalue weighted by molar-refractivity contribution is -0.378. The minimum atomic E-state index is -1.79. The quantitative estimate of drug-likeness (QED) is 0.0853. The summed E-state index contributed by atoms with van der Waals surface area (Å²) in [6.07, 6.45) is -6.89. The molecule has 0 spiro atoms. The lowest BCUT2D eigenvalue weighted by atomic mass is 9.35. The molecule has 0 bridgehead atoms. The second-order valence-corrected chi connectivity index (χ2v) is 20.7. The second kappa shape index (κ2) is 16.8. The first-order valence-electron chi connectivity index (χ1n) is 21.7. The van der Waals surface area contributed by atoms with E-state index >= 15 is 0 Å². The molecule has 334 valence electrons. The molecule has 6 fully saturated rings. The fraction of sp³-hybridized carbons (Fsp3) is 0.932. The van der Waals surface area contributed by atoms with E-state index in [1.165, 1.54) is 12.5 Å². The van der Waals surface area contributed by atoms with Crippen LogP contribution in [0.2, 0.25) is 0 Å². The van der Waals surface area contributed by atoms with Crippen LogP contribution in [0.15, 0.2) is 11.6 Å². The molecule has 14 heteroatoms. The number of aliphatic hydroxyl groups excluding tert-OH is 7. The molecule has 6 rings (SSSR count). The lowest BCUT2D eigenvalue weighted by Gasteiger charge is -2.70. The van der Waals surface area contributed by atoms with Gasteiger partial charge in [0.05, 0.1) is 24.4 Å². The standard InChI is InChI=1S/C44H74O14/c1-22(2)11-10-15-44(9,53)24-12-17-43(8)31(24)25(47)19-29-41(6)16-14-30(40(4,5)28(41)13-18-42(29,43)7)57-39-37(35(51)32(48)26(20-45)55-39)58-38-36(52)34(50)33(49)27(56-38)21-54-23(3)46/h11,24-39,45,47-53H,10,12-21H2,1-9H3. The number of carbonyl (C=O) groups excluding carboxylic acids is 1. The average molecular weight is 827 g/mol. The molecule has 2 aliphatic heterocycles. The van der Waals surface area contributed by atoms with Crippen LogP contribution in [0.1, 0.15) is 120 Å². The number of fused-ring (bicyclic) bond motifs is 5. The topological polar surface area (TPSA) is 225 Å². The molecule has 0 aromatic rings. The highest BCUT2D eigenvalue weighted by Gasteiger charge is 2.71. The summed E-state index contributed by atoms with van der Waals surface area (Å²) < 4.78 is 29.6.